The molecule has 13 nitrogen and oxygen atoms in total. The largest absolute Gasteiger partial charge is 0.497 e. The van der Waals surface area contributed by atoms with Crippen LogP contribution in [0.25, 0.3) is 21.7 Å². The summed E-state index contributed by atoms with van der Waals surface area (Å²) in [6, 6.07) is 22.0. The number of hydrogen-bond donors (Lipinski definition) is 3. The Hall–Kier alpha value is -5.95. The highest BCUT2D eigenvalue weighted by atomic mass is 35.5. The Labute approximate surface area is 317 Å². The number of halogens is 1. The van der Waals surface area contributed by atoms with E-state index < -0.39 is 5.92 Å². The van der Waals surface area contributed by atoms with E-state index in [0.29, 0.717) is 47.8 Å². The van der Waals surface area contributed by atoms with Gasteiger partial charge in [0.05, 0.1) is 30.4 Å². The third-order valence-corrected chi connectivity index (χ3v) is 10.5. The summed E-state index contributed by atoms with van der Waals surface area (Å²) in [5.74, 6) is 1.84. The summed E-state index contributed by atoms with van der Waals surface area (Å²) in [5, 5.41) is 17.5. The number of benzene rings is 3. The second-order valence-corrected chi connectivity index (χ2v) is 14.3. The normalized spacial score (nSPS) is 18.8. The first kappa shape index (κ1) is 35.1. The highest BCUT2D eigenvalue weighted by Crippen LogP contribution is 2.33. The van der Waals surface area contributed by atoms with Crippen molar-refractivity contribution in [2.75, 3.05) is 35.7 Å². The second kappa shape index (κ2) is 14.8. The molecule has 0 spiro atoms. The number of nitrogens with zero attached hydrogens (tertiary/aromatic N) is 6. The number of ether oxygens (including phenoxy) is 2. The third-order valence-electron chi connectivity index (χ3n) is 10.2. The average molecular weight is 746 g/mol. The quantitative estimate of drug-likeness (QED) is 0.128. The van der Waals surface area contributed by atoms with Crippen LogP contribution < -0.4 is 30.3 Å². The van der Waals surface area contributed by atoms with E-state index in [1.807, 2.05) is 67.7 Å². The first-order valence-corrected chi connectivity index (χ1v) is 18.4. The molecule has 14 heteroatoms. The Bertz CT molecular complexity index is 2370. The van der Waals surface area contributed by atoms with Crippen LogP contribution in [0.1, 0.15) is 43.4 Å². The van der Waals surface area contributed by atoms with E-state index in [-0.39, 0.29) is 23.8 Å². The summed E-state index contributed by atoms with van der Waals surface area (Å²) in [5.41, 5.74) is 4.48. The standard InChI is InChI=1S/C40H40ClN9O4/c1-23-21-50(15-14-33(23)44-28-8-11-30-34(18-28)49(2)48-37(30)31-12-13-35(51)46-39(31)52)40-43-20-32(41)38(47-40)45-27-7-6-25-17-36(42-19-26(25)16-27)54-22-24-4-9-29(53-3)10-5-24/h4-11,16-20,23,31,33,44H,12-15,21-22H2,1-3H3,(H,43,45,47)(H,46,51,52)/t23-,31?,33-/m1/s1. The molecule has 1 unspecified atom stereocenters. The summed E-state index contributed by atoms with van der Waals surface area (Å²) in [6.45, 7) is 4.15. The van der Waals surface area contributed by atoms with Gasteiger partial charge in [0.25, 0.3) is 0 Å². The molecule has 0 radical (unpaired) electrons. The molecule has 276 valence electrons. The van der Waals surface area contributed by atoms with Gasteiger partial charge in [0.1, 0.15) is 17.4 Å². The van der Waals surface area contributed by atoms with Crippen molar-refractivity contribution in [1.29, 1.82) is 0 Å². The van der Waals surface area contributed by atoms with Gasteiger partial charge in [-0.25, -0.2) is 9.97 Å². The average Bonchev–Trinajstić information content (AvgIpc) is 3.50. The van der Waals surface area contributed by atoms with Crippen molar-refractivity contribution in [2.24, 2.45) is 13.0 Å². The van der Waals surface area contributed by atoms with E-state index in [4.69, 9.17) is 26.1 Å². The van der Waals surface area contributed by atoms with Crippen LogP contribution in [0.4, 0.5) is 23.1 Å². The van der Waals surface area contributed by atoms with E-state index in [9.17, 15) is 9.59 Å². The summed E-state index contributed by atoms with van der Waals surface area (Å²) < 4.78 is 13.0. The lowest BCUT2D eigenvalue weighted by atomic mass is 9.92. The van der Waals surface area contributed by atoms with Crippen molar-refractivity contribution in [3.8, 4) is 11.6 Å². The molecule has 2 fully saturated rings. The van der Waals surface area contributed by atoms with Gasteiger partial charge >= 0.3 is 0 Å². The number of carbonyl (C=O) groups excluding carboxylic acids is 2. The predicted molar refractivity (Wildman–Crippen MR) is 209 cm³/mol. The highest BCUT2D eigenvalue weighted by molar-refractivity contribution is 6.33. The van der Waals surface area contributed by atoms with Crippen molar-refractivity contribution in [2.45, 2.75) is 44.8 Å². The van der Waals surface area contributed by atoms with Crippen LogP contribution in [0.5, 0.6) is 11.6 Å². The van der Waals surface area contributed by atoms with Crippen molar-refractivity contribution in [3.63, 3.8) is 0 Å². The van der Waals surface area contributed by atoms with Gasteiger partial charge in [-0.05, 0) is 72.2 Å². The topological polar surface area (TPSA) is 148 Å². The maximum absolute atomic E-state index is 12.6. The van der Waals surface area contributed by atoms with Gasteiger partial charge < -0.3 is 25.0 Å². The van der Waals surface area contributed by atoms with E-state index in [1.165, 1.54) is 0 Å². The number of nitrogens with one attached hydrogen (secondary N) is 3. The number of piperidine rings is 2. The van der Waals surface area contributed by atoms with E-state index in [1.54, 1.807) is 24.2 Å². The molecule has 2 amide bonds. The number of carbonyl (C=O) groups is 2. The van der Waals surface area contributed by atoms with Crippen LogP contribution in [0.3, 0.4) is 0 Å². The van der Waals surface area contributed by atoms with Gasteiger partial charge in [-0.2, -0.15) is 10.1 Å². The highest BCUT2D eigenvalue weighted by Gasteiger charge is 2.32. The van der Waals surface area contributed by atoms with Gasteiger partial charge in [0, 0.05) is 67.0 Å². The molecule has 3 N–H and O–H groups in total. The monoisotopic (exact) mass is 745 g/mol. The van der Waals surface area contributed by atoms with Crippen molar-refractivity contribution in [3.05, 3.63) is 95.4 Å². The lowest BCUT2D eigenvalue weighted by molar-refractivity contribution is -0.134. The van der Waals surface area contributed by atoms with Gasteiger partial charge in [0.2, 0.25) is 23.6 Å². The fourth-order valence-electron chi connectivity index (χ4n) is 7.23. The van der Waals surface area contributed by atoms with Gasteiger partial charge in [-0.15, -0.1) is 0 Å². The Kier molecular flexibility index (Phi) is 9.63. The van der Waals surface area contributed by atoms with E-state index in [2.05, 4.69) is 48.9 Å². The molecule has 2 aliphatic rings. The number of anilines is 4. The minimum atomic E-state index is -0.434. The zero-order valence-corrected chi connectivity index (χ0v) is 30.9. The molecule has 54 heavy (non-hydrogen) atoms. The number of hydrogen-bond acceptors (Lipinski definition) is 11. The lowest BCUT2D eigenvalue weighted by Gasteiger charge is -2.37. The molecule has 5 heterocycles. The van der Waals surface area contributed by atoms with Crippen LogP contribution in [0, 0.1) is 5.92 Å². The van der Waals surface area contributed by atoms with E-state index in [0.717, 1.165) is 63.9 Å². The maximum Gasteiger partial charge on any atom is 0.235 e. The van der Waals surface area contributed by atoms with Crippen LogP contribution in [0.2, 0.25) is 5.02 Å². The Morgan fingerprint density at radius 1 is 0.963 bits per heavy atom. The van der Waals surface area contributed by atoms with E-state index >= 15 is 0 Å². The number of amides is 2. The van der Waals surface area contributed by atoms with Crippen molar-refractivity contribution >= 4 is 68.2 Å². The fraction of sp³-hybridized carbons (Fsp3) is 0.300. The smallest absolute Gasteiger partial charge is 0.235 e. The number of imide groups is 1. The molecule has 2 aliphatic heterocycles. The number of methoxy groups -OCH3 is 1. The van der Waals surface area contributed by atoms with Crippen molar-refractivity contribution in [1.82, 2.24) is 30.0 Å². The summed E-state index contributed by atoms with van der Waals surface area (Å²) >= 11 is 6.59. The predicted octanol–water partition coefficient (Wildman–Crippen LogP) is 6.74. The molecule has 3 atom stereocenters. The Balaban J connectivity index is 0.899. The summed E-state index contributed by atoms with van der Waals surface area (Å²) in [6.07, 6.45) is 5.10. The molecular weight excluding hydrogens is 706 g/mol. The maximum atomic E-state index is 12.6. The van der Waals surface area contributed by atoms with Crippen LogP contribution in [-0.4, -0.2) is 62.8 Å². The molecule has 8 rings (SSSR count). The first-order valence-electron chi connectivity index (χ1n) is 18.0. The molecular formula is C40H40ClN9O4. The fourth-order valence-corrected chi connectivity index (χ4v) is 7.37. The van der Waals surface area contributed by atoms with Gasteiger partial charge in [-0.1, -0.05) is 36.7 Å². The minimum Gasteiger partial charge on any atom is -0.497 e. The third kappa shape index (κ3) is 7.31. The van der Waals surface area contributed by atoms with Crippen molar-refractivity contribution < 1.29 is 19.1 Å². The molecule has 6 aromatic rings. The molecule has 2 saturated heterocycles. The number of aryl methyl sites for hydroxylation is 1. The first-order chi connectivity index (χ1) is 26.2. The molecule has 3 aromatic heterocycles. The Morgan fingerprint density at radius 3 is 2.59 bits per heavy atom. The summed E-state index contributed by atoms with van der Waals surface area (Å²) in [4.78, 5) is 40.4. The molecule has 0 bridgehead atoms. The SMILES string of the molecule is COc1ccc(COc2cc3ccc(Nc4nc(N5CC[C@@H](Nc6ccc7c(C8CCC(=O)NC8=O)nn(C)c7c6)[C@H](C)C5)ncc4Cl)cc3cn2)cc1. The molecule has 3 aromatic carbocycles. The van der Waals surface area contributed by atoms with Gasteiger partial charge in [-0.3, -0.25) is 19.6 Å². The van der Waals surface area contributed by atoms with Gasteiger partial charge in [0.15, 0.2) is 5.82 Å². The lowest BCUT2D eigenvalue weighted by Crippen LogP contribution is -2.46. The van der Waals surface area contributed by atoms with Crippen LogP contribution in [0.15, 0.2) is 79.1 Å². The second-order valence-electron chi connectivity index (χ2n) is 13.9. The molecule has 0 saturated carbocycles. The number of aromatic nitrogens is 5. The number of pyridine rings is 1. The number of rotatable bonds is 10. The zero-order chi connectivity index (χ0) is 37.3. The number of fused-ring (bicyclic) bond motifs is 2. The van der Waals surface area contributed by atoms with Crippen LogP contribution >= 0.6 is 11.6 Å². The molecule has 0 aliphatic carbocycles. The zero-order valence-electron chi connectivity index (χ0n) is 30.2. The minimum absolute atomic E-state index is 0.228. The van der Waals surface area contributed by atoms with Crippen LogP contribution in [-0.2, 0) is 23.2 Å². The Morgan fingerprint density at radius 2 is 1.80 bits per heavy atom. The summed E-state index contributed by atoms with van der Waals surface area (Å²) in [7, 11) is 3.53.